The van der Waals surface area contributed by atoms with Crippen molar-refractivity contribution in [2.24, 2.45) is 0 Å². The molecule has 1 amide bonds. The number of aromatic amines is 1. The summed E-state index contributed by atoms with van der Waals surface area (Å²) in [5.41, 5.74) is 3.52. The summed E-state index contributed by atoms with van der Waals surface area (Å²) in [6.45, 7) is 5.39. The van der Waals surface area contributed by atoms with E-state index in [0.717, 1.165) is 5.56 Å². The van der Waals surface area contributed by atoms with Crippen LogP contribution in [0.3, 0.4) is 0 Å². The number of carbonyl (C=O) groups excluding carboxylic acids is 1. The van der Waals surface area contributed by atoms with E-state index in [1.54, 1.807) is 43.3 Å². The number of halogens is 2. The Morgan fingerprint density at radius 3 is 2.44 bits per heavy atom. The molecule has 0 aliphatic carbocycles. The van der Waals surface area contributed by atoms with E-state index in [1.165, 1.54) is 0 Å². The van der Waals surface area contributed by atoms with Gasteiger partial charge >= 0.3 is 0 Å². The molecular weight excluding hydrogens is 499 g/mol. The Morgan fingerprint density at radius 1 is 1.08 bits per heavy atom. The van der Waals surface area contributed by atoms with Crippen LogP contribution in [-0.2, 0) is 5.41 Å². The highest BCUT2D eigenvalue weighted by atomic mass is 35.5. The number of H-pyrrole nitrogens is 1. The van der Waals surface area contributed by atoms with E-state index < -0.39 is 5.41 Å². The number of amides is 1. The first-order valence-corrected chi connectivity index (χ1v) is 11.8. The Labute approximate surface area is 216 Å². The molecule has 0 spiro atoms. The molecule has 0 atom stereocenters. The van der Waals surface area contributed by atoms with Crippen LogP contribution in [-0.4, -0.2) is 20.9 Å². The van der Waals surface area contributed by atoms with E-state index in [4.69, 9.17) is 27.6 Å². The van der Waals surface area contributed by atoms with Gasteiger partial charge in [-0.3, -0.25) is 4.79 Å². The van der Waals surface area contributed by atoms with Gasteiger partial charge in [0, 0.05) is 12.6 Å². The molecule has 0 fully saturated rings. The minimum absolute atomic E-state index is 0.297. The number of aryl methyl sites for hydroxylation is 1. The van der Waals surface area contributed by atoms with Crippen molar-refractivity contribution in [2.45, 2.75) is 26.2 Å². The van der Waals surface area contributed by atoms with Crippen molar-refractivity contribution < 1.29 is 9.21 Å². The number of imidazole rings is 1. The van der Waals surface area contributed by atoms with Crippen molar-refractivity contribution >= 4 is 68.6 Å². The van der Waals surface area contributed by atoms with Gasteiger partial charge in [-0.2, -0.15) is 5.26 Å². The molecule has 2 aromatic heterocycles. The molecule has 5 aromatic rings. The number of aromatic nitrogens is 3. The number of nitriles is 1. The molecule has 0 saturated heterocycles. The molecule has 0 radical (unpaired) electrons. The summed E-state index contributed by atoms with van der Waals surface area (Å²) >= 11 is 12.6. The SMILES string of the molecule is Cc1nc2c(o1)c(C(=O)Nc1ccc(C(C)(C)C#N)cc1)cc1[nH]c(Nc3c(Cl)cccc3Cl)nc12. The van der Waals surface area contributed by atoms with E-state index in [9.17, 15) is 10.1 Å². The maximum Gasteiger partial charge on any atom is 0.259 e. The fraction of sp³-hybridized carbons (Fsp3) is 0.154. The maximum atomic E-state index is 13.3. The van der Waals surface area contributed by atoms with E-state index >= 15 is 0 Å². The number of oxazole rings is 1. The average Bonchev–Trinajstić information content (AvgIpc) is 3.43. The first-order chi connectivity index (χ1) is 17.2. The zero-order chi connectivity index (χ0) is 25.6. The fourth-order valence-electron chi connectivity index (χ4n) is 3.85. The summed E-state index contributed by atoms with van der Waals surface area (Å²) in [6.07, 6.45) is 0. The van der Waals surface area contributed by atoms with Gasteiger partial charge in [0.25, 0.3) is 5.91 Å². The number of nitrogens with one attached hydrogen (secondary N) is 3. The molecule has 3 N–H and O–H groups in total. The van der Waals surface area contributed by atoms with Crippen molar-refractivity contribution in [3.8, 4) is 6.07 Å². The van der Waals surface area contributed by atoms with E-state index in [0.29, 0.717) is 61.0 Å². The van der Waals surface area contributed by atoms with E-state index in [1.807, 2.05) is 26.0 Å². The lowest BCUT2D eigenvalue weighted by Crippen LogP contribution is -2.15. The Morgan fingerprint density at radius 2 is 1.78 bits per heavy atom. The van der Waals surface area contributed by atoms with Gasteiger partial charge < -0.3 is 20.0 Å². The van der Waals surface area contributed by atoms with Crippen LogP contribution in [0.1, 0.15) is 35.7 Å². The van der Waals surface area contributed by atoms with E-state index in [-0.39, 0.29) is 5.91 Å². The van der Waals surface area contributed by atoms with Gasteiger partial charge in [-0.15, -0.1) is 0 Å². The summed E-state index contributed by atoms with van der Waals surface area (Å²) in [4.78, 5) is 25.5. The normalized spacial score (nSPS) is 11.6. The second kappa shape index (κ2) is 8.86. The van der Waals surface area contributed by atoms with Gasteiger partial charge in [0.05, 0.1) is 38.3 Å². The van der Waals surface area contributed by atoms with Crippen LogP contribution in [0, 0.1) is 18.3 Å². The molecule has 3 aromatic carbocycles. The number of anilines is 3. The molecule has 2 heterocycles. The topological polar surface area (TPSA) is 120 Å². The lowest BCUT2D eigenvalue weighted by atomic mass is 9.86. The number of hydrogen-bond acceptors (Lipinski definition) is 6. The number of rotatable bonds is 5. The van der Waals surface area contributed by atoms with Crippen molar-refractivity contribution in [1.82, 2.24) is 15.0 Å². The standard InChI is InChI=1S/C26H20Cl2N6O2/c1-13-30-22-21-19(32-25(34-21)33-20-17(27)5-4-6-18(20)28)11-16(23(22)36-13)24(35)31-15-9-7-14(8-10-15)26(2,3)12-29/h4-11H,1-3H3,(H,31,35)(H2,32,33,34). The summed E-state index contributed by atoms with van der Waals surface area (Å²) in [7, 11) is 0. The molecule has 0 aliphatic rings. The second-order valence-corrected chi connectivity index (χ2v) is 9.62. The summed E-state index contributed by atoms with van der Waals surface area (Å²) in [5, 5.41) is 16.2. The van der Waals surface area contributed by atoms with Gasteiger partial charge in [0.2, 0.25) is 5.95 Å². The van der Waals surface area contributed by atoms with Gasteiger partial charge in [0.15, 0.2) is 11.5 Å². The minimum atomic E-state index is -0.627. The number of benzene rings is 3. The smallest absolute Gasteiger partial charge is 0.259 e. The third-order valence-corrected chi connectivity index (χ3v) is 6.45. The maximum absolute atomic E-state index is 13.3. The third kappa shape index (κ3) is 4.24. The number of para-hydroxylation sites is 1. The van der Waals surface area contributed by atoms with Crippen LogP contribution in [0.15, 0.2) is 52.9 Å². The van der Waals surface area contributed by atoms with Crippen LogP contribution in [0.2, 0.25) is 10.0 Å². The Balaban J connectivity index is 1.51. The van der Waals surface area contributed by atoms with Crippen molar-refractivity contribution in [3.63, 3.8) is 0 Å². The largest absolute Gasteiger partial charge is 0.440 e. The first-order valence-electron chi connectivity index (χ1n) is 11.0. The molecule has 5 rings (SSSR count). The van der Waals surface area contributed by atoms with Crippen LogP contribution in [0.25, 0.3) is 22.1 Å². The number of fused-ring (bicyclic) bond motifs is 3. The zero-order valence-corrected chi connectivity index (χ0v) is 21.0. The second-order valence-electron chi connectivity index (χ2n) is 8.81. The molecule has 180 valence electrons. The molecule has 36 heavy (non-hydrogen) atoms. The fourth-order valence-corrected chi connectivity index (χ4v) is 4.34. The highest BCUT2D eigenvalue weighted by molar-refractivity contribution is 6.39. The van der Waals surface area contributed by atoms with Gasteiger partial charge in [-0.05, 0) is 49.7 Å². The lowest BCUT2D eigenvalue weighted by Gasteiger charge is -2.16. The monoisotopic (exact) mass is 518 g/mol. The minimum Gasteiger partial charge on any atom is -0.440 e. The van der Waals surface area contributed by atoms with Crippen LogP contribution in [0.4, 0.5) is 17.3 Å². The van der Waals surface area contributed by atoms with Crippen molar-refractivity contribution in [3.05, 3.63) is 75.6 Å². The van der Waals surface area contributed by atoms with Crippen LogP contribution < -0.4 is 10.6 Å². The molecule has 0 saturated carbocycles. The number of carbonyl (C=O) groups is 1. The van der Waals surface area contributed by atoms with Gasteiger partial charge in [-0.1, -0.05) is 41.4 Å². The quantitative estimate of drug-likeness (QED) is 0.228. The molecule has 0 bridgehead atoms. The van der Waals surface area contributed by atoms with Crippen molar-refractivity contribution in [1.29, 1.82) is 5.26 Å². The van der Waals surface area contributed by atoms with Gasteiger partial charge in [-0.25, -0.2) is 9.97 Å². The number of nitrogens with zero attached hydrogens (tertiary/aromatic N) is 3. The van der Waals surface area contributed by atoms with Crippen LogP contribution >= 0.6 is 23.2 Å². The highest BCUT2D eigenvalue weighted by Gasteiger charge is 2.22. The van der Waals surface area contributed by atoms with E-state index in [2.05, 4.69) is 31.7 Å². The first kappa shape index (κ1) is 23.7. The predicted octanol–water partition coefficient (Wildman–Crippen LogP) is 7.12. The average molecular weight is 519 g/mol. The summed E-state index contributed by atoms with van der Waals surface area (Å²) in [5.74, 6) is 0.417. The number of hydrogen-bond donors (Lipinski definition) is 3. The van der Waals surface area contributed by atoms with Crippen molar-refractivity contribution in [2.75, 3.05) is 10.6 Å². The zero-order valence-electron chi connectivity index (χ0n) is 19.5. The summed E-state index contributed by atoms with van der Waals surface area (Å²) in [6, 6.07) is 16.3. The molecule has 0 aliphatic heterocycles. The molecule has 8 nitrogen and oxygen atoms in total. The van der Waals surface area contributed by atoms with Crippen LogP contribution in [0.5, 0.6) is 0 Å². The Hall–Kier alpha value is -4.06. The Bertz CT molecular complexity index is 1660. The van der Waals surface area contributed by atoms with Gasteiger partial charge in [0.1, 0.15) is 11.0 Å². The third-order valence-electron chi connectivity index (χ3n) is 5.82. The summed E-state index contributed by atoms with van der Waals surface area (Å²) < 4.78 is 5.79. The Kier molecular flexibility index (Phi) is 5.83. The molecular formula is C26H20Cl2N6O2. The molecule has 10 heteroatoms. The lowest BCUT2D eigenvalue weighted by molar-refractivity contribution is 0.102. The molecule has 0 unspecified atom stereocenters. The predicted molar refractivity (Wildman–Crippen MR) is 141 cm³/mol. The highest BCUT2D eigenvalue weighted by Crippen LogP contribution is 2.34.